The van der Waals surface area contributed by atoms with Gasteiger partial charge in [-0.1, -0.05) is 37.6 Å². The van der Waals surface area contributed by atoms with Gasteiger partial charge < -0.3 is 5.01 Å². The summed E-state index contributed by atoms with van der Waals surface area (Å²) >= 11 is 0. The zero-order valence-corrected chi connectivity index (χ0v) is 12.1. The molecule has 0 spiro atoms. The largest absolute Gasteiger partial charge is 0.305 e. The molecule has 1 saturated carbocycles. The first kappa shape index (κ1) is 13.2. The molecule has 1 aliphatic carbocycles. The van der Waals surface area contributed by atoms with E-state index in [0.717, 1.165) is 19.4 Å². The highest BCUT2D eigenvalue weighted by atomic mass is 15.5. The highest BCUT2D eigenvalue weighted by Crippen LogP contribution is 2.45. The average Bonchev–Trinajstić information content (AvgIpc) is 2.82. The molecule has 1 saturated heterocycles. The Balaban J connectivity index is 1.93. The second-order valence-corrected chi connectivity index (χ2v) is 6.64. The SMILES string of the molecule is CC1(C)CC(=CC#N)C2CNN(c3ccccc3)C2C1. The number of hydrogen-bond acceptors (Lipinski definition) is 3. The molecule has 104 valence electrons. The van der Waals surface area contributed by atoms with Gasteiger partial charge in [0.15, 0.2) is 0 Å². The Kier molecular flexibility index (Phi) is 3.27. The topological polar surface area (TPSA) is 39.1 Å². The highest BCUT2D eigenvalue weighted by Gasteiger charge is 2.44. The molecule has 1 aromatic rings. The Labute approximate surface area is 120 Å². The molecular formula is C17H21N3. The molecule has 2 fully saturated rings. The molecule has 0 radical (unpaired) electrons. The first-order valence-electron chi connectivity index (χ1n) is 7.27. The fraction of sp³-hybridized carbons (Fsp3) is 0.471. The van der Waals surface area contributed by atoms with Crippen molar-refractivity contribution in [2.75, 3.05) is 11.6 Å². The van der Waals surface area contributed by atoms with E-state index < -0.39 is 0 Å². The first-order chi connectivity index (χ1) is 9.61. The van der Waals surface area contributed by atoms with Crippen LogP contribution in [0.4, 0.5) is 5.69 Å². The molecule has 0 amide bonds. The number of para-hydroxylation sites is 1. The lowest BCUT2D eigenvalue weighted by atomic mass is 9.68. The van der Waals surface area contributed by atoms with Crippen LogP contribution >= 0.6 is 0 Å². The number of nitrogens with one attached hydrogen (secondary N) is 1. The van der Waals surface area contributed by atoms with Crippen LogP contribution in [0, 0.1) is 22.7 Å². The van der Waals surface area contributed by atoms with Crippen LogP contribution in [-0.4, -0.2) is 12.6 Å². The first-order valence-corrected chi connectivity index (χ1v) is 7.27. The van der Waals surface area contributed by atoms with E-state index in [1.54, 1.807) is 6.08 Å². The summed E-state index contributed by atoms with van der Waals surface area (Å²) in [6.45, 7) is 5.54. The van der Waals surface area contributed by atoms with E-state index in [1.165, 1.54) is 11.3 Å². The van der Waals surface area contributed by atoms with Crippen LogP contribution in [0.2, 0.25) is 0 Å². The van der Waals surface area contributed by atoms with Crippen LogP contribution < -0.4 is 10.4 Å². The van der Waals surface area contributed by atoms with Gasteiger partial charge in [-0.25, -0.2) is 5.43 Å². The van der Waals surface area contributed by atoms with Gasteiger partial charge in [-0.15, -0.1) is 0 Å². The zero-order valence-electron chi connectivity index (χ0n) is 12.1. The molecule has 3 rings (SSSR count). The van der Waals surface area contributed by atoms with Crippen molar-refractivity contribution in [3.8, 4) is 6.07 Å². The van der Waals surface area contributed by atoms with Crippen molar-refractivity contribution >= 4 is 5.69 Å². The third kappa shape index (κ3) is 2.32. The predicted octanol–water partition coefficient (Wildman–Crippen LogP) is 3.27. The smallest absolute Gasteiger partial charge is 0.0911 e. The van der Waals surface area contributed by atoms with Gasteiger partial charge in [0.1, 0.15) is 0 Å². The predicted molar refractivity (Wildman–Crippen MR) is 80.9 cm³/mol. The second kappa shape index (κ2) is 4.96. The summed E-state index contributed by atoms with van der Waals surface area (Å²) in [7, 11) is 0. The molecule has 2 aliphatic rings. The summed E-state index contributed by atoms with van der Waals surface area (Å²) in [5.41, 5.74) is 6.30. The maximum atomic E-state index is 9.03. The third-order valence-electron chi connectivity index (χ3n) is 4.48. The zero-order chi connectivity index (χ0) is 14.2. The lowest BCUT2D eigenvalue weighted by Gasteiger charge is -2.41. The number of benzene rings is 1. The van der Waals surface area contributed by atoms with Gasteiger partial charge in [0.05, 0.1) is 17.8 Å². The van der Waals surface area contributed by atoms with Crippen LogP contribution in [0.25, 0.3) is 0 Å². The Bertz CT molecular complexity index is 553. The maximum absolute atomic E-state index is 9.03. The van der Waals surface area contributed by atoms with E-state index in [2.05, 4.69) is 54.6 Å². The summed E-state index contributed by atoms with van der Waals surface area (Å²) in [5, 5.41) is 11.3. The standard InChI is InChI=1S/C17H21N3/c1-17(2)10-13(8-9-18)15-12-19-20(16(15)11-17)14-6-4-3-5-7-14/h3-8,15-16,19H,10-12H2,1-2H3. The van der Waals surface area contributed by atoms with Crippen molar-refractivity contribution in [3.63, 3.8) is 0 Å². The molecule has 1 heterocycles. The van der Waals surface area contributed by atoms with Gasteiger partial charge in [0.25, 0.3) is 0 Å². The van der Waals surface area contributed by atoms with Gasteiger partial charge in [-0.2, -0.15) is 5.26 Å². The molecule has 2 unspecified atom stereocenters. The van der Waals surface area contributed by atoms with Crippen molar-refractivity contribution in [2.45, 2.75) is 32.7 Å². The van der Waals surface area contributed by atoms with E-state index in [-0.39, 0.29) is 5.41 Å². The number of hydrogen-bond donors (Lipinski definition) is 1. The molecule has 3 nitrogen and oxygen atoms in total. The molecule has 1 aliphatic heterocycles. The van der Waals surface area contributed by atoms with Gasteiger partial charge in [-0.05, 0) is 30.4 Å². The monoisotopic (exact) mass is 267 g/mol. The Morgan fingerprint density at radius 3 is 2.80 bits per heavy atom. The van der Waals surface area contributed by atoms with Crippen molar-refractivity contribution < 1.29 is 0 Å². The van der Waals surface area contributed by atoms with E-state index >= 15 is 0 Å². The summed E-state index contributed by atoms with van der Waals surface area (Å²) in [6, 6.07) is 13.2. The van der Waals surface area contributed by atoms with Crippen LogP contribution in [0.1, 0.15) is 26.7 Å². The van der Waals surface area contributed by atoms with Gasteiger partial charge in [0.2, 0.25) is 0 Å². The average molecular weight is 267 g/mol. The van der Waals surface area contributed by atoms with Gasteiger partial charge >= 0.3 is 0 Å². The fourth-order valence-corrected chi connectivity index (χ4v) is 3.68. The second-order valence-electron chi connectivity index (χ2n) is 6.64. The number of nitrogens with zero attached hydrogens (tertiary/aromatic N) is 2. The lowest BCUT2D eigenvalue weighted by molar-refractivity contribution is 0.237. The van der Waals surface area contributed by atoms with Crippen molar-refractivity contribution in [2.24, 2.45) is 11.3 Å². The summed E-state index contributed by atoms with van der Waals surface area (Å²) in [5.74, 6) is 0.461. The molecule has 1 N–H and O–H groups in total. The van der Waals surface area contributed by atoms with Crippen molar-refractivity contribution in [3.05, 3.63) is 42.0 Å². The number of rotatable bonds is 1. The van der Waals surface area contributed by atoms with Crippen molar-refractivity contribution in [1.82, 2.24) is 5.43 Å². The number of anilines is 1. The van der Waals surface area contributed by atoms with E-state index in [0.29, 0.717) is 12.0 Å². The molecule has 1 aromatic carbocycles. The third-order valence-corrected chi connectivity index (χ3v) is 4.48. The van der Waals surface area contributed by atoms with Crippen LogP contribution in [-0.2, 0) is 0 Å². The van der Waals surface area contributed by atoms with Crippen LogP contribution in [0.5, 0.6) is 0 Å². The minimum Gasteiger partial charge on any atom is -0.305 e. The molecule has 3 heteroatoms. The number of allylic oxidation sites excluding steroid dienone is 1. The number of hydrazine groups is 1. The normalized spacial score (nSPS) is 30.1. The minimum absolute atomic E-state index is 0.253. The van der Waals surface area contributed by atoms with Gasteiger partial charge in [0, 0.05) is 18.5 Å². The quantitative estimate of drug-likeness (QED) is 0.794. The molecule has 2 atom stereocenters. The lowest BCUT2D eigenvalue weighted by Crippen LogP contribution is -2.43. The van der Waals surface area contributed by atoms with Crippen molar-refractivity contribution in [1.29, 1.82) is 5.26 Å². The summed E-state index contributed by atoms with van der Waals surface area (Å²) in [6.07, 6.45) is 3.96. The summed E-state index contributed by atoms with van der Waals surface area (Å²) in [4.78, 5) is 0. The molecule has 20 heavy (non-hydrogen) atoms. The Hall–Kier alpha value is -1.79. The highest BCUT2D eigenvalue weighted by molar-refractivity contribution is 5.48. The van der Waals surface area contributed by atoms with Gasteiger partial charge in [-0.3, -0.25) is 0 Å². The molecular weight excluding hydrogens is 246 g/mol. The number of nitriles is 1. The van der Waals surface area contributed by atoms with E-state index in [4.69, 9.17) is 5.26 Å². The van der Waals surface area contributed by atoms with E-state index in [1.807, 2.05) is 6.07 Å². The van der Waals surface area contributed by atoms with E-state index in [9.17, 15) is 0 Å². The number of fused-ring (bicyclic) bond motifs is 1. The Morgan fingerprint density at radius 1 is 1.35 bits per heavy atom. The Morgan fingerprint density at radius 2 is 2.10 bits per heavy atom. The van der Waals surface area contributed by atoms with Crippen LogP contribution in [0.3, 0.4) is 0 Å². The fourth-order valence-electron chi connectivity index (χ4n) is 3.68. The van der Waals surface area contributed by atoms with Crippen LogP contribution in [0.15, 0.2) is 42.0 Å². The minimum atomic E-state index is 0.253. The maximum Gasteiger partial charge on any atom is 0.0911 e. The molecule has 0 bridgehead atoms. The molecule has 0 aromatic heterocycles. The summed E-state index contributed by atoms with van der Waals surface area (Å²) < 4.78 is 0.